The molecule has 25 heavy (non-hydrogen) atoms. The summed E-state index contributed by atoms with van der Waals surface area (Å²) in [6.45, 7) is 5.50. The summed E-state index contributed by atoms with van der Waals surface area (Å²) in [5.74, 6) is 1.39. The van der Waals surface area contributed by atoms with Gasteiger partial charge < -0.3 is 9.47 Å². The number of methoxy groups -OCH3 is 2. The van der Waals surface area contributed by atoms with Gasteiger partial charge in [-0.25, -0.2) is 13.1 Å². The Morgan fingerprint density at radius 3 is 1.92 bits per heavy atom. The molecule has 1 atom stereocenters. The predicted octanol–water partition coefficient (Wildman–Crippen LogP) is 3.75. The average molecular weight is 363 g/mol. The van der Waals surface area contributed by atoms with Crippen LogP contribution in [0.15, 0.2) is 41.3 Å². The van der Waals surface area contributed by atoms with Crippen molar-refractivity contribution in [2.45, 2.75) is 38.1 Å². The highest BCUT2D eigenvalue weighted by Crippen LogP contribution is 2.28. The maximum Gasteiger partial charge on any atom is 0.241 e. The Labute approximate surface area is 150 Å². The average Bonchev–Trinajstić information content (AvgIpc) is 2.58. The Hall–Kier alpha value is -2.05. The summed E-state index contributed by atoms with van der Waals surface area (Å²) in [6.07, 6.45) is 0.639. The van der Waals surface area contributed by atoms with Gasteiger partial charge in [-0.2, -0.15) is 0 Å². The second kappa shape index (κ2) is 7.89. The van der Waals surface area contributed by atoms with Crippen molar-refractivity contribution in [2.75, 3.05) is 14.2 Å². The van der Waals surface area contributed by atoms with Crippen LogP contribution in [0, 0.1) is 13.8 Å². The minimum absolute atomic E-state index is 0.306. The number of nitrogens with one attached hydrogen (secondary N) is 1. The van der Waals surface area contributed by atoms with Crippen LogP contribution in [0.5, 0.6) is 11.5 Å². The summed E-state index contributed by atoms with van der Waals surface area (Å²) in [5, 5.41) is 0. The van der Waals surface area contributed by atoms with E-state index in [9.17, 15) is 8.42 Å². The lowest BCUT2D eigenvalue weighted by Gasteiger charge is -2.20. The standard InChI is InChI=1S/C19H25NO4S/c1-6-18(15-7-9-16(23-4)10-8-15)20-25(21,22)19-13(2)11-17(24-5)12-14(19)3/h7-12,18,20H,6H2,1-5H3/t18-/m0/s1. The van der Waals surface area contributed by atoms with Crippen LogP contribution in [-0.4, -0.2) is 22.6 Å². The van der Waals surface area contributed by atoms with E-state index < -0.39 is 10.0 Å². The van der Waals surface area contributed by atoms with Crippen LogP contribution in [0.3, 0.4) is 0 Å². The van der Waals surface area contributed by atoms with Crippen molar-refractivity contribution >= 4 is 10.0 Å². The molecule has 6 heteroatoms. The molecule has 0 amide bonds. The number of ether oxygens (including phenoxy) is 2. The topological polar surface area (TPSA) is 64.6 Å². The Morgan fingerprint density at radius 1 is 0.960 bits per heavy atom. The minimum atomic E-state index is -3.66. The molecule has 1 N–H and O–H groups in total. The first kappa shape index (κ1) is 19.3. The van der Waals surface area contributed by atoms with E-state index in [1.165, 1.54) is 0 Å². The van der Waals surface area contributed by atoms with Crippen LogP contribution in [-0.2, 0) is 10.0 Å². The molecule has 2 aromatic carbocycles. The van der Waals surface area contributed by atoms with Crippen molar-refractivity contribution in [2.24, 2.45) is 0 Å². The number of rotatable bonds is 7. The molecule has 0 radical (unpaired) electrons. The third kappa shape index (κ3) is 4.32. The molecule has 0 aliphatic rings. The van der Waals surface area contributed by atoms with Crippen molar-refractivity contribution in [1.82, 2.24) is 4.72 Å². The molecular formula is C19H25NO4S. The van der Waals surface area contributed by atoms with Crippen molar-refractivity contribution < 1.29 is 17.9 Å². The SMILES string of the molecule is CC[C@H](NS(=O)(=O)c1c(C)cc(OC)cc1C)c1ccc(OC)cc1. The van der Waals surface area contributed by atoms with Crippen molar-refractivity contribution in [3.05, 3.63) is 53.1 Å². The highest BCUT2D eigenvalue weighted by Gasteiger charge is 2.24. The number of aryl methyl sites for hydroxylation is 2. The Morgan fingerprint density at radius 2 is 1.48 bits per heavy atom. The van der Waals surface area contributed by atoms with E-state index in [0.29, 0.717) is 28.2 Å². The molecule has 0 aliphatic heterocycles. The first-order chi connectivity index (χ1) is 11.8. The van der Waals surface area contributed by atoms with Crippen molar-refractivity contribution in [3.8, 4) is 11.5 Å². The zero-order valence-electron chi connectivity index (χ0n) is 15.3. The molecule has 5 nitrogen and oxygen atoms in total. The largest absolute Gasteiger partial charge is 0.497 e. The molecule has 0 bridgehead atoms. The van der Waals surface area contributed by atoms with Gasteiger partial charge in [-0.1, -0.05) is 19.1 Å². The molecule has 0 aromatic heterocycles. The van der Waals surface area contributed by atoms with Gasteiger partial charge in [-0.15, -0.1) is 0 Å². The number of hydrogen-bond donors (Lipinski definition) is 1. The Balaban J connectivity index is 2.35. The second-order valence-corrected chi connectivity index (χ2v) is 7.60. The second-order valence-electron chi connectivity index (χ2n) is 5.95. The molecule has 0 aliphatic carbocycles. The lowest BCUT2D eigenvalue weighted by Crippen LogP contribution is -2.29. The van der Waals surface area contributed by atoms with E-state index in [0.717, 1.165) is 11.3 Å². The first-order valence-corrected chi connectivity index (χ1v) is 9.62. The summed E-state index contributed by atoms with van der Waals surface area (Å²) in [6, 6.07) is 10.6. The third-order valence-electron chi connectivity index (χ3n) is 4.16. The molecule has 0 fully saturated rings. The van der Waals surface area contributed by atoms with Crippen LogP contribution in [0.1, 0.15) is 36.1 Å². The summed E-state index contributed by atoms with van der Waals surface area (Å²) in [4.78, 5) is 0.306. The fraction of sp³-hybridized carbons (Fsp3) is 0.368. The number of sulfonamides is 1. The molecule has 0 saturated carbocycles. The normalized spacial score (nSPS) is 12.7. The zero-order valence-corrected chi connectivity index (χ0v) is 16.1. The number of benzene rings is 2. The van der Waals surface area contributed by atoms with Gasteiger partial charge in [0.15, 0.2) is 0 Å². The molecule has 2 aromatic rings. The van der Waals surface area contributed by atoms with E-state index in [-0.39, 0.29) is 6.04 Å². The van der Waals surface area contributed by atoms with Gasteiger partial charge in [0, 0.05) is 6.04 Å². The summed E-state index contributed by atoms with van der Waals surface area (Å²) in [5.41, 5.74) is 2.22. The van der Waals surface area contributed by atoms with Gasteiger partial charge in [-0.3, -0.25) is 0 Å². The molecule has 0 saturated heterocycles. The maximum atomic E-state index is 13.0. The van der Waals surface area contributed by atoms with Crippen LogP contribution in [0.2, 0.25) is 0 Å². The molecule has 2 rings (SSSR count). The van der Waals surface area contributed by atoms with Crippen molar-refractivity contribution in [1.29, 1.82) is 0 Å². The highest BCUT2D eigenvalue weighted by atomic mass is 32.2. The summed E-state index contributed by atoms with van der Waals surface area (Å²) >= 11 is 0. The van der Waals surface area contributed by atoms with Gasteiger partial charge >= 0.3 is 0 Å². The monoisotopic (exact) mass is 363 g/mol. The zero-order chi connectivity index (χ0) is 18.6. The lowest BCUT2D eigenvalue weighted by atomic mass is 10.1. The van der Waals surface area contributed by atoms with E-state index >= 15 is 0 Å². The van der Waals surface area contributed by atoms with Crippen LogP contribution in [0.25, 0.3) is 0 Å². The molecule has 136 valence electrons. The summed E-state index contributed by atoms with van der Waals surface area (Å²) < 4.78 is 39.1. The minimum Gasteiger partial charge on any atom is -0.497 e. The Kier molecular flexibility index (Phi) is 6.08. The van der Waals surface area contributed by atoms with E-state index in [1.807, 2.05) is 31.2 Å². The molecule has 0 unspecified atom stereocenters. The van der Waals surface area contributed by atoms with Gasteiger partial charge in [0.2, 0.25) is 10.0 Å². The quantitative estimate of drug-likeness (QED) is 0.814. The Bertz CT molecular complexity index is 806. The fourth-order valence-corrected chi connectivity index (χ4v) is 4.68. The van der Waals surface area contributed by atoms with Crippen LogP contribution in [0.4, 0.5) is 0 Å². The van der Waals surface area contributed by atoms with Gasteiger partial charge in [0.05, 0.1) is 19.1 Å². The van der Waals surface area contributed by atoms with E-state index in [1.54, 1.807) is 40.2 Å². The van der Waals surface area contributed by atoms with E-state index in [2.05, 4.69) is 4.72 Å². The number of hydrogen-bond acceptors (Lipinski definition) is 4. The van der Waals surface area contributed by atoms with Gasteiger partial charge in [0.1, 0.15) is 11.5 Å². The molecule has 0 spiro atoms. The smallest absolute Gasteiger partial charge is 0.241 e. The van der Waals surface area contributed by atoms with Crippen molar-refractivity contribution in [3.63, 3.8) is 0 Å². The highest BCUT2D eigenvalue weighted by molar-refractivity contribution is 7.89. The first-order valence-electron chi connectivity index (χ1n) is 8.14. The maximum absolute atomic E-state index is 13.0. The lowest BCUT2D eigenvalue weighted by molar-refractivity contribution is 0.413. The third-order valence-corrected chi connectivity index (χ3v) is 5.94. The van der Waals surface area contributed by atoms with E-state index in [4.69, 9.17) is 9.47 Å². The fourth-order valence-electron chi connectivity index (χ4n) is 2.92. The van der Waals surface area contributed by atoms with Crippen LogP contribution < -0.4 is 14.2 Å². The molecule has 0 heterocycles. The summed E-state index contributed by atoms with van der Waals surface area (Å²) in [7, 11) is -0.490. The van der Waals surface area contributed by atoms with Gasteiger partial charge in [-0.05, 0) is 61.2 Å². The van der Waals surface area contributed by atoms with Crippen LogP contribution >= 0.6 is 0 Å². The van der Waals surface area contributed by atoms with Gasteiger partial charge in [0.25, 0.3) is 0 Å². The molecular weight excluding hydrogens is 338 g/mol. The predicted molar refractivity (Wildman–Crippen MR) is 98.8 cm³/mol.